The minimum Gasteiger partial charge on any atom is -0.478 e. The molecule has 1 aromatic carbocycles. The Kier molecular flexibility index (Phi) is 2.24. The second kappa shape index (κ2) is 3.19. The van der Waals surface area contributed by atoms with Crippen LogP contribution in [-0.2, 0) is 0 Å². The van der Waals surface area contributed by atoms with Crippen LogP contribution in [0.1, 0.15) is 15.9 Å². The maximum absolute atomic E-state index is 12.5. The van der Waals surface area contributed by atoms with E-state index in [9.17, 15) is 13.6 Å². The van der Waals surface area contributed by atoms with Gasteiger partial charge in [-0.05, 0) is 12.1 Å². The Morgan fingerprint density at radius 1 is 1.38 bits per heavy atom. The van der Waals surface area contributed by atoms with Crippen molar-refractivity contribution in [3.8, 4) is 6.07 Å². The third kappa shape index (κ3) is 1.62. The van der Waals surface area contributed by atoms with Gasteiger partial charge in [0.25, 0.3) is 0 Å². The van der Waals surface area contributed by atoms with Gasteiger partial charge in [0.05, 0.1) is 11.1 Å². The van der Waals surface area contributed by atoms with E-state index in [1.165, 1.54) is 6.07 Å². The summed E-state index contributed by atoms with van der Waals surface area (Å²) in [4.78, 5) is 10.4. The number of halogens is 2. The largest absolute Gasteiger partial charge is 0.478 e. The number of carboxylic acids is 1. The summed E-state index contributed by atoms with van der Waals surface area (Å²) >= 11 is 0. The molecule has 66 valence electrons. The smallest absolute Gasteiger partial charge is 0.337 e. The molecule has 1 aromatic rings. The fourth-order valence-corrected chi connectivity index (χ4v) is 0.816. The molecule has 0 bridgehead atoms. The lowest BCUT2D eigenvalue weighted by Crippen LogP contribution is -2.02. The molecular weight excluding hydrogens is 180 g/mol. The predicted molar refractivity (Wildman–Crippen MR) is 38.0 cm³/mol. The van der Waals surface area contributed by atoms with E-state index in [-0.39, 0.29) is 0 Å². The Hall–Kier alpha value is -1.96. The predicted octanol–water partition coefficient (Wildman–Crippen LogP) is 1.53. The van der Waals surface area contributed by atoms with Crippen LogP contribution in [-0.4, -0.2) is 11.1 Å². The molecule has 5 heteroatoms. The van der Waals surface area contributed by atoms with Crippen LogP contribution in [0.3, 0.4) is 0 Å². The third-order valence-electron chi connectivity index (χ3n) is 1.41. The summed E-state index contributed by atoms with van der Waals surface area (Å²) < 4.78 is 25.0. The van der Waals surface area contributed by atoms with Crippen molar-refractivity contribution >= 4 is 5.97 Å². The van der Waals surface area contributed by atoms with E-state index in [0.29, 0.717) is 12.1 Å². The molecule has 0 atom stereocenters. The number of rotatable bonds is 1. The van der Waals surface area contributed by atoms with Gasteiger partial charge in [-0.2, -0.15) is 5.26 Å². The van der Waals surface area contributed by atoms with E-state index < -0.39 is 28.7 Å². The quantitative estimate of drug-likeness (QED) is 0.718. The molecule has 0 saturated heterocycles. The first-order valence-corrected chi connectivity index (χ1v) is 3.18. The van der Waals surface area contributed by atoms with Crippen molar-refractivity contribution in [2.45, 2.75) is 0 Å². The first kappa shape index (κ1) is 9.13. The number of carbonyl (C=O) groups is 1. The summed E-state index contributed by atoms with van der Waals surface area (Å²) in [6.07, 6.45) is 0. The van der Waals surface area contributed by atoms with Gasteiger partial charge in [0.1, 0.15) is 6.07 Å². The minimum atomic E-state index is -1.46. The molecule has 1 N–H and O–H groups in total. The summed E-state index contributed by atoms with van der Waals surface area (Å²) in [5.74, 6) is -3.98. The van der Waals surface area contributed by atoms with Crippen LogP contribution >= 0.6 is 0 Å². The fourth-order valence-electron chi connectivity index (χ4n) is 0.816. The zero-order chi connectivity index (χ0) is 10.0. The maximum atomic E-state index is 12.5. The average molecular weight is 183 g/mol. The molecule has 0 radical (unpaired) electrons. The highest BCUT2D eigenvalue weighted by Crippen LogP contribution is 2.14. The van der Waals surface area contributed by atoms with E-state index in [1.54, 1.807) is 0 Å². The molecule has 0 amide bonds. The second-order valence-electron chi connectivity index (χ2n) is 2.23. The summed E-state index contributed by atoms with van der Waals surface area (Å²) in [5.41, 5.74) is -0.937. The van der Waals surface area contributed by atoms with Gasteiger partial charge in [0.2, 0.25) is 0 Å². The Morgan fingerprint density at radius 2 is 1.92 bits per heavy atom. The normalized spacial score (nSPS) is 9.31. The first-order valence-electron chi connectivity index (χ1n) is 3.18. The van der Waals surface area contributed by atoms with E-state index in [2.05, 4.69) is 0 Å². The lowest BCUT2D eigenvalue weighted by molar-refractivity contribution is 0.0696. The molecule has 0 heterocycles. The average Bonchev–Trinajstić information content (AvgIpc) is 2.08. The Labute approximate surface area is 71.8 Å². The van der Waals surface area contributed by atoms with Crippen molar-refractivity contribution in [1.82, 2.24) is 0 Å². The lowest BCUT2D eigenvalue weighted by atomic mass is 10.1. The van der Waals surface area contributed by atoms with Crippen LogP contribution in [0.5, 0.6) is 0 Å². The van der Waals surface area contributed by atoms with Crippen molar-refractivity contribution in [3.63, 3.8) is 0 Å². The van der Waals surface area contributed by atoms with Gasteiger partial charge >= 0.3 is 5.97 Å². The van der Waals surface area contributed by atoms with Crippen LogP contribution in [0.25, 0.3) is 0 Å². The van der Waals surface area contributed by atoms with Crippen LogP contribution in [0.2, 0.25) is 0 Å². The van der Waals surface area contributed by atoms with Crippen molar-refractivity contribution in [2.75, 3.05) is 0 Å². The van der Waals surface area contributed by atoms with E-state index in [0.717, 1.165) is 0 Å². The minimum absolute atomic E-state index is 0.397. The molecule has 0 spiro atoms. The molecule has 0 saturated carbocycles. The zero-order valence-corrected chi connectivity index (χ0v) is 6.21. The highest BCUT2D eigenvalue weighted by Gasteiger charge is 2.14. The van der Waals surface area contributed by atoms with Gasteiger partial charge in [0, 0.05) is 0 Å². The molecular formula is C8H3F2NO2. The van der Waals surface area contributed by atoms with Crippen LogP contribution < -0.4 is 0 Å². The number of carboxylic acid groups (broad SMARTS) is 1. The molecule has 0 unspecified atom stereocenters. The van der Waals surface area contributed by atoms with Crippen molar-refractivity contribution < 1.29 is 18.7 Å². The molecule has 0 aliphatic rings. The zero-order valence-electron chi connectivity index (χ0n) is 6.21. The van der Waals surface area contributed by atoms with Crippen molar-refractivity contribution in [3.05, 3.63) is 34.9 Å². The number of hydrogen-bond acceptors (Lipinski definition) is 2. The van der Waals surface area contributed by atoms with Gasteiger partial charge in [0.15, 0.2) is 11.6 Å². The van der Waals surface area contributed by atoms with Crippen LogP contribution in [0.4, 0.5) is 8.78 Å². The summed E-state index contributed by atoms with van der Waals surface area (Å²) in [7, 11) is 0. The molecule has 1 rings (SSSR count). The SMILES string of the molecule is N#Cc1cc(F)c(F)cc1C(=O)O. The Balaban J connectivity index is 3.44. The molecule has 3 nitrogen and oxygen atoms in total. The maximum Gasteiger partial charge on any atom is 0.337 e. The second-order valence-corrected chi connectivity index (χ2v) is 2.23. The van der Waals surface area contributed by atoms with Gasteiger partial charge in [-0.3, -0.25) is 0 Å². The highest BCUT2D eigenvalue weighted by molar-refractivity contribution is 5.90. The Bertz CT molecular complexity index is 409. The fraction of sp³-hybridized carbons (Fsp3) is 0. The summed E-state index contributed by atoms with van der Waals surface area (Å²) in [5, 5.41) is 16.9. The van der Waals surface area contributed by atoms with E-state index in [1.807, 2.05) is 0 Å². The van der Waals surface area contributed by atoms with Gasteiger partial charge in [-0.1, -0.05) is 0 Å². The summed E-state index contributed by atoms with van der Waals surface area (Å²) in [6.45, 7) is 0. The number of nitriles is 1. The van der Waals surface area contributed by atoms with Gasteiger partial charge in [-0.15, -0.1) is 0 Å². The standard InChI is InChI=1S/C8H3F2NO2/c9-6-1-4(3-11)5(8(12)13)2-7(6)10/h1-2H,(H,12,13). The first-order chi connectivity index (χ1) is 6.06. The lowest BCUT2D eigenvalue weighted by Gasteiger charge is -1.98. The monoisotopic (exact) mass is 183 g/mol. The van der Waals surface area contributed by atoms with Crippen molar-refractivity contribution in [2.24, 2.45) is 0 Å². The van der Waals surface area contributed by atoms with E-state index >= 15 is 0 Å². The van der Waals surface area contributed by atoms with Crippen molar-refractivity contribution in [1.29, 1.82) is 5.26 Å². The molecule has 0 aromatic heterocycles. The van der Waals surface area contributed by atoms with E-state index in [4.69, 9.17) is 10.4 Å². The molecule has 0 aliphatic heterocycles. The number of nitrogens with zero attached hydrogens (tertiary/aromatic N) is 1. The third-order valence-corrected chi connectivity index (χ3v) is 1.41. The Morgan fingerprint density at radius 3 is 2.38 bits per heavy atom. The molecule has 13 heavy (non-hydrogen) atoms. The highest BCUT2D eigenvalue weighted by atomic mass is 19.2. The number of benzene rings is 1. The number of aromatic carboxylic acids is 1. The van der Waals surface area contributed by atoms with Gasteiger partial charge < -0.3 is 5.11 Å². The summed E-state index contributed by atoms with van der Waals surface area (Å²) in [6, 6.07) is 2.49. The number of hydrogen-bond donors (Lipinski definition) is 1. The van der Waals surface area contributed by atoms with Crippen LogP contribution in [0.15, 0.2) is 12.1 Å². The molecule has 0 fully saturated rings. The van der Waals surface area contributed by atoms with Gasteiger partial charge in [-0.25, -0.2) is 13.6 Å². The topological polar surface area (TPSA) is 61.1 Å². The van der Waals surface area contributed by atoms with Crippen LogP contribution in [0, 0.1) is 23.0 Å². The molecule has 0 aliphatic carbocycles.